The van der Waals surface area contributed by atoms with E-state index in [1.807, 2.05) is 32.9 Å². The highest BCUT2D eigenvalue weighted by atomic mass is 16.5. The predicted octanol–water partition coefficient (Wildman–Crippen LogP) is 0.594. The molecule has 51 heavy (non-hydrogen) atoms. The summed E-state index contributed by atoms with van der Waals surface area (Å²) < 4.78 is 5.56. The van der Waals surface area contributed by atoms with E-state index in [-0.39, 0.29) is 44.1 Å². The summed E-state index contributed by atoms with van der Waals surface area (Å²) in [5, 5.41) is 28.9. The number of amides is 7. The first-order valence-electron chi connectivity index (χ1n) is 17.3. The number of aldehydes is 1. The van der Waals surface area contributed by atoms with E-state index >= 15 is 0 Å². The van der Waals surface area contributed by atoms with Crippen LogP contribution in [0.15, 0.2) is 12.2 Å². The van der Waals surface area contributed by atoms with Crippen molar-refractivity contribution in [1.82, 2.24) is 30.7 Å². The normalized spacial score (nSPS) is 15.2. The second-order valence-electron chi connectivity index (χ2n) is 13.8. The van der Waals surface area contributed by atoms with E-state index in [9.17, 15) is 43.8 Å². The number of hydrogen-bond acceptors (Lipinski definition) is 10. The largest absolute Gasteiger partial charge is 0.390 e. The average molecular weight is 727 g/mol. The lowest BCUT2D eigenvalue weighted by Gasteiger charge is -2.37. The number of ether oxygens (including phenoxy) is 1. The molecule has 5 N–H and O–H groups in total. The number of aliphatic hydroxyl groups excluding tert-OH is 1. The molecule has 0 aromatic heterocycles. The van der Waals surface area contributed by atoms with Gasteiger partial charge in [0.1, 0.15) is 30.5 Å². The van der Waals surface area contributed by atoms with Gasteiger partial charge >= 0.3 is 6.03 Å². The van der Waals surface area contributed by atoms with Crippen molar-refractivity contribution in [1.29, 1.82) is 0 Å². The second-order valence-corrected chi connectivity index (χ2v) is 13.8. The van der Waals surface area contributed by atoms with Gasteiger partial charge in [-0.3, -0.25) is 29.3 Å². The van der Waals surface area contributed by atoms with Crippen LogP contribution in [0.3, 0.4) is 0 Å². The van der Waals surface area contributed by atoms with Crippen LogP contribution in [0.5, 0.6) is 0 Å². The number of nitrogens with one attached hydrogen (secondary N) is 3. The van der Waals surface area contributed by atoms with Crippen LogP contribution < -0.4 is 16.0 Å². The van der Waals surface area contributed by atoms with Crippen molar-refractivity contribution in [3.63, 3.8) is 0 Å². The van der Waals surface area contributed by atoms with E-state index in [0.717, 1.165) is 9.80 Å². The molecular formula is C35H62N6O10. The van der Waals surface area contributed by atoms with Gasteiger partial charge < -0.3 is 45.1 Å². The summed E-state index contributed by atoms with van der Waals surface area (Å²) in [5.41, 5.74) is -1.45. The van der Waals surface area contributed by atoms with Crippen molar-refractivity contribution in [2.75, 3.05) is 41.4 Å². The maximum Gasteiger partial charge on any atom is 0.321 e. The number of hydrogen-bond donors (Lipinski definition) is 5. The molecule has 0 unspecified atom stereocenters. The molecule has 0 radical (unpaired) electrons. The highest BCUT2D eigenvalue weighted by Gasteiger charge is 2.41. The van der Waals surface area contributed by atoms with Gasteiger partial charge in [-0.05, 0) is 45.4 Å². The molecule has 0 heterocycles. The van der Waals surface area contributed by atoms with Gasteiger partial charge in [0.15, 0.2) is 0 Å². The number of aliphatic hydroxyl groups is 2. The molecule has 0 aliphatic rings. The summed E-state index contributed by atoms with van der Waals surface area (Å²) in [6, 6.07) is -6.12. The molecule has 0 aromatic carbocycles. The molecule has 6 atom stereocenters. The zero-order valence-corrected chi connectivity index (χ0v) is 32.2. The van der Waals surface area contributed by atoms with Gasteiger partial charge in [-0.2, -0.15) is 0 Å². The molecule has 0 bridgehead atoms. The molecule has 0 saturated heterocycles. The highest BCUT2D eigenvalue weighted by Crippen LogP contribution is 2.20. The van der Waals surface area contributed by atoms with Crippen molar-refractivity contribution in [3.05, 3.63) is 12.2 Å². The van der Waals surface area contributed by atoms with E-state index in [1.54, 1.807) is 13.8 Å². The van der Waals surface area contributed by atoms with Crippen molar-refractivity contribution >= 4 is 41.9 Å². The quantitative estimate of drug-likeness (QED) is 0.0595. The predicted molar refractivity (Wildman–Crippen MR) is 191 cm³/mol. The minimum Gasteiger partial charge on any atom is -0.390 e. The summed E-state index contributed by atoms with van der Waals surface area (Å²) in [5.74, 6) is -3.95. The molecule has 0 rings (SSSR count). The standard InChI is InChI=1S/C35H62N6O10/c1-12-14-16-23(5)29(44)28(41(11)27(43)19-22(3)4)31(46)37-24(13-2)32(47)40(10)26(21-51-18-15-17-42)33(48)39(9)25(20-35(6,7)50)30(45)38-34(49)36-8/h12,14,17,22-26,28-29,44,50H,13,15-16,18-21H2,1-11H3,(H,37,46)(H2,36,38,45,49)/b14-12+/t23-,24+,25+,26-,28+,29-/m1/s1. The Morgan fingerprint density at radius 2 is 1.51 bits per heavy atom. The number of rotatable bonds is 22. The van der Waals surface area contributed by atoms with Gasteiger partial charge in [-0.15, -0.1) is 0 Å². The zero-order chi connectivity index (χ0) is 39.6. The topological polar surface area (TPSA) is 215 Å². The molecule has 292 valence electrons. The number of likely N-dealkylation sites (N-methyl/N-ethyl adjacent to an activating group) is 3. The van der Waals surface area contributed by atoms with Gasteiger partial charge in [-0.25, -0.2) is 4.79 Å². The number of imide groups is 1. The van der Waals surface area contributed by atoms with Crippen molar-refractivity contribution in [2.45, 2.75) is 116 Å². The van der Waals surface area contributed by atoms with Crippen LogP contribution in [0.1, 0.15) is 80.6 Å². The van der Waals surface area contributed by atoms with Crippen molar-refractivity contribution in [2.24, 2.45) is 11.8 Å². The molecular weight excluding hydrogens is 664 g/mol. The summed E-state index contributed by atoms with van der Waals surface area (Å²) in [6.07, 6.45) is 3.35. The minimum absolute atomic E-state index is 0.0111. The van der Waals surface area contributed by atoms with Crippen molar-refractivity contribution < 1.29 is 48.5 Å². The van der Waals surface area contributed by atoms with Crippen LogP contribution in [0, 0.1) is 11.8 Å². The third kappa shape index (κ3) is 15.9. The molecule has 0 aliphatic heterocycles. The average Bonchev–Trinajstić information content (AvgIpc) is 3.06. The maximum absolute atomic E-state index is 14.0. The number of carbonyl (C=O) groups is 7. The van der Waals surface area contributed by atoms with Crippen LogP contribution >= 0.6 is 0 Å². The Labute approximate surface area is 302 Å². The summed E-state index contributed by atoms with van der Waals surface area (Å²) >= 11 is 0. The van der Waals surface area contributed by atoms with Crippen LogP contribution in [-0.2, 0) is 33.5 Å². The summed E-state index contributed by atoms with van der Waals surface area (Å²) in [7, 11) is 5.33. The smallest absolute Gasteiger partial charge is 0.321 e. The van der Waals surface area contributed by atoms with Crippen molar-refractivity contribution in [3.8, 4) is 0 Å². The van der Waals surface area contributed by atoms with Gasteiger partial charge in [0.05, 0.1) is 24.9 Å². The Bertz CT molecular complexity index is 1200. The summed E-state index contributed by atoms with van der Waals surface area (Å²) in [4.78, 5) is 94.2. The van der Waals surface area contributed by atoms with E-state index in [4.69, 9.17) is 4.74 Å². The SMILES string of the molecule is C/C=C/C[C@@H](C)[C@@H](O)[C@@H](C(=O)N[C@@H](CC)C(=O)N(C)[C@H](COCCC=O)C(=O)N(C)[C@@H](CC(C)(C)O)C(=O)NC(=O)NC)N(C)C(=O)CC(C)C. The molecule has 0 saturated carbocycles. The first kappa shape index (κ1) is 47.1. The maximum atomic E-state index is 14.0. The fourth-order valence-corrected chi connectivity index (χ4v) is 5.20. The Morgan fingerprint density at radius 1 is 0.922 bits per heavy atom. The third-order valence-electron chi connectivity index (χ3n) is 8.37. The lowest BCUT2D eigenvalue weighted by atomic mass is 9.92. The van der Waals surface area contributed by atoms with E-state index < -0.39 is 78.1 Å². The number of carbonyl (C=O) groups excluding carboxylic acids is 7. The number of urea groups is 1. The first-order chi connectivity index (χ1) is 23.7. The molecule has 0 fully saturated rings. The lowest BCUT2D eigenvalue weighted by molar-refractivity contribution is -0.152. The van der Waals surface area contributed by atoms with Gasteiger partial charge in [-0.1, -0.05) is 39.8 Å². The molecule has 16 heteroatoms. The molecule has 0 spiro atoms. The highest BCUT2D eigenvalue weighted by molar-refractivity contribution is 6.00. The monoisotopic (exact) mass is 726 g/mol. The Hall–Kier alpha value is -3.89. The minimum atomic E-state index is -1.45. The third-order valence-corrected chi connectivity index (χ3v) is 8.37. The Morgan fingerprint density at radius 3 is 2.00 bits per heavy atom. The van der Waals surface area contributed by atoms with E-state index in [0.29, 0.717) is 12.7 Å². The fraction of sp³-hybridized carbons (Fsp3) is 0.743. The van der Waals surface area contributed by atoms with E-state index in [1.165, 1.54) is 46.9 Å². The van der Waals surface area contributed by atoms with Gasteiger partial charge in [0.25, 0.3) is 5.91 Å². The molecule has 16 nitrogen and oxygen atoms in total. The van der Waals surface area contributed by atoms with Gasteiger partial charge in [0, 0.05) is 47.5 Å². The molecule has 7 amide bonds. The van der Waals surface area contributed by atoms with Crippen LogP contribution in [-0.4, -0.2) is 144 Å². The van der Waals surface area contributed by atoms with Crippen LogP contribution in [0.25, 0.3) is 0 Å². The molecule has 0 aromatic rings. The lowest BCUT2D eigenvalue weighted by Crippen LogP contribution is -2.62. The fourth-order valence-electron chi connectivity index (χ4n) is 5.20. The Kier molecular flexibility index (Phi) is 21.1. The van der Waals surface area contributed by atoms with Crippen LogP contribution in [0.4, 0.5) is 4.79 Å². The van der Waals surface area contributed by atoms with E-state index in [2.05, 4.69) is 16.0 Å². The number of allylic oxidation sites excluding steroid dienone is 2. The van der Waals surface area contributed by atoms with Crippen LogP contribution in [0.2, 0.25) is 0 Å². The molecule has 0 aliphatic carbocycles. The first-order valence-corrected chi connectivity index (χ1v) is 17.3. The Balaban J connectivity index is 6.62. The number of nitrogens with zero attached hydrogens (tertiary/aromatic N) is 3. The zero-order valence-electron chi connectivity index (χ0n) is 32.2. The summed E-state index contributed by atoms with van der Waals surface area (Å²) in [6.45, 7) is 11.3. The second kappa shape index (κ2) is 22.8. The van der Waals surface area contributed by atoms with Gasteiger partial charge in [0.2, 0.25) is 23.6 Å².